The van der Waals surface area contributed by atoms with Crippen molar-refractivity contribution >= 4 is 11.7 Å². The summed E-state index contributed by atoms with van der Waals surface area (Å²) in [5.41, 5.74) is 3.79. The number of hydrogen-bond acceptors (Lipinski definition) is 5. The van der Waals surface area contributed by atoms with E-state index in [1.54, 1.807) is 11.1 Å². The zero-order valence-electron chi connectivity index (χ0n) is 17.7. The number of likely N-dealkylation sites (tertiary alicyclic amines) is 1. The predicted molar refractivity (Wildman–Crippen MR) is 116 cm³/mol. The van der Waals surface area contributed by atoms with Gasteiger partial charge in [0.1, 0.15) is 5.69 Å². The number of carbonyl (C=O) groups excluding carboxylic acids is 1. The summed E-state index contributed by atoms with van der Waals surface area (Å²) in [6.07, 6.45) is 7.76. The molecule has 1 aliphatic carbocycles. The minimum atomic E-state index is -0.628. The summed E-state index contributed by atoms with van der Waals surface area (Å²) in [7, 11) is 0. The minimum absolute atomic E-state index is 0.142. The standard InChI is InChI=1S/C24H27N5O2/c1-15-8-19(15)18-10-25-23-27-20(13-29(23)12-18)22(31)28-7-6-24(21(30)14-28)9-16-4-2-3-5-17(16)11-26-24/h2-5,10,12-13,15,19,21,26,30H,6-9,11,14H2,1H3/t15?,19?,21-,24+/m1/s1. The fourth-order valence-corrected chi connectivity index (χ4v) is 5.29. The number of rotatable bonds is 2. The molecule has 1 saturated heterocycles. The number of piperidine rings is 1. The Morgan fingerprint density at radius 1 is 1.26 bits per heavy atom. The second-order valence-electron chi connectivity index (χ2n) is 9.51. The van der Waals surface area contributed by atoms with Crippen LogP contribution in [0.15, 0.2) is 42.9 Å². The Balaban J connectivity index is 1.19. The van der Waals surface area contributed by atoms with Gasteiger partial charge in [-0.1, -0.05) is 31.2 Å². The topological polar surface area (TPSA) is 82.8 Å². The molecule has 3 aromatic rings. The van der Waals surface area contributed by atoms with Crippen LogP contribution in [0.25, 0.3) is 5.78 Å². The van der Waals surface area contributed by atoms with Gasteiger partial charge in [-0.15, -0.1) is 0 Å². The third kappa shape index (κ3) is 3.15. The molecule has 2 aromatic heterocycles. The number of aliphatic hydroxyl groups excluding tert-OH is 1. The Hall–Kier alpha value is -2.77. The van der Waals surface area contributed by atoms with Gasteiger partial charge in [0.2, 0.25) is 5.78 Å². The number of aliphatic hydroxyl groups is 1. The lowest BCUT2D eigenvalue weighted by molar-refractivity contribution is -0.0140. The number of hydrogen-bond donors (Lipinski definition) is 2. The molecule has 2 fully saturated rings. The van der Waals surface area contributed by atoms with Crippen LogP contribution in [0.5, 0.6) is 0 Å². The van der Waals surface area contributed by atoms with Crippen LogP contribution in [0, 0.1) is 5.92 Å². The molecule has 2 N–H and O–H groups in total. The van der Waals surface area contributed by atoms with Gasteiger partial charge in [0.05, 0.1) is 11.6 Å². The summed E-state index contributed by atoms with van der Waals surface area (Å²) in [5, 5.41) is 14.6. The van der Waals surface area contributed by atoms with E-state index < -0.39 is 6.10 Å². The second kappa shape index (κ2) is 6.87. The number of aromatic nitrogens is 3. The maximum Gasteiger partial charge on any atom is 0.274 e. The average Bonchev–Trinajstić information content (AvgIpc) is 3.36. The smallest absolute Gasteiger partial charge is 0.274 e. The molecule has 7 heteroatoms. The van der Waals surface area contributed by atoms with Gasteiger partial charge in [0.25, 0.3) is 5.91 Å². The van der Waals surface area contributed by atoms with Crippen LogP contribution in [0.3, 0.4) is 0 Å². The highest BCUT2D eigenvalue weighted by molar-refractivity contribution is 5.93. The quantitative estimate of drug-likeness (QED) is 0.668. The monoisotopic (exact) mass is 417 g/mol. The van der Waals surface area contributed by atoms with Crippen LogP contribution in [0.1, 0.15) is 52.9 Å². The first-order valence-corrected chi connectivity index (χ1v) is 11.2. The van der Waals surface area contributed by atoms with E-state index >= 15 is 0 Å². The third-order valence-electron chi connectivity index (χ3n) is 7.49. The van der Waals surface area contributed by atoms with E-state index in [2.05, 4.69) is 40.4 Å². The van der Waals surface area contributed by atoms with E-state index in [0.29, 0.717) is 42.8 Å². The van der Waals surface area contributed by atoms with E-state index in [1.807, 2.05) is 22.9 Å². The third-order valence-corrected chi connectivity index (χ3v) is 7.49. The summed E-state index contributed by atoms with van der Waals surface area (Å²) in [6, 6.07) is 8.37. The second-order valence-corrected chi connectivity index (χ2v) is 9.51. The number of nitrogens with zero attached hydrogens (tertiary/aromatic N) is 4. The van der Waals surface area contributed by atoms with Crippen LogP contribution in [-0.2, 0) is 13.0 Å². The maximum absolute atomic E-state index is 13.2. The molecule has 4 atom stereocenters. The number of carbonyl (C=O) groups is 1. The van der Waals surface area contributed by atoms with Crippen molar-refractivity contribution < 1.29 is 9.90 Å². The van der Waals surface area contributed by atoms with E-state index in [0.717, 1.165) is 13.0 Å². The first-order chi connectivity index (χ1) is 15.0. The summed E-state index contributed by atoms with van der Waals surface area (Å²) < 4.78 is 1.86. The van der Waals surface area contributed by atoms with Gasteiger partial charge in [-0.2, -0.15) is 0 Å². The number of benzene rings is 1. The van der Waals surface area contributed by atoms with Crippen molar-refractivity contribution in [3.05, 3.63) is 65.2 Å². The first kappa shape index (κ1) is 19.0. The number of amides is 1. The molecule has 4 heterocycles. The van der Waals surface area contributed by atoms with Crippen LogP contribution in [-0.4, -0.2) is 55.0 Å². The van der Waals surface area contributed by atoms with Crippen LogP contribution < -0.4 is 5.32 Å². The van der Waals surface area contributed by atoms with Crippen molar-refractivity contribution in [3.63, 3.8) is 0 Å². The molecule has 0 bridgehead atoms. The maximum atomic E-state index is 13.2. The van der Waals surface area contributed by atoms with Crippen molar-refractivity contribution in [1.29, 1.82) is 0 Å². The first-order valence-electron chi connectivity index (χ1n) is 11.2. The highest BCUT2D eigenvalue weighted by Crippen LogP contribution is 2.46. The van der Waals surface area contributed by atoms with Crippen molar-refractivity contribution in [2.24, 2.45) is 5.92 Å². The normalized spacial score (nSPS) is 29.9. The molecular weight excluding hydrogens is 390 g/mol. The van der Waals surface area contributed by atoms with Gasteiger partial charge < -0.3 is 15.3 Å². The van der Waals surface area contributed by atoms with Gasteiger partial charge in [-0.05, 0) is 47.8 Å². The molecule has 6 rings (SSSR count). The summed E-state index contributed by atoms with van der Waals surface area (Å²) >= 11 is 0. The van der Waals surface area contributed by atoms with Gasteiger partial charge in [0.15, 0.2) is 0 Å². The molecule has 2 aliphatic heterocycles. The molecule has 7 nitrogen and oxygen atoms in total. The lowest BCUT2D eigenvalue weighted by Gasteiger charge is -2.48. The highest BCUT2D eigenvalue weighted by atomic mass is 16.3. The van der Waals surface area contributed by atoms with Crippen molar-refractivity contribution in [2.75, 3.05) is 13.1 Å². The molecule has 1 amide bonds. The molecule has 2 unspecified atom stereocenters. The Bertz CT molecular complexity index is 1170. The average molecular weight is 418 g/mol. The molecule has 1 aromatic carbocycles. The number of nitrogens with one attached hydrogen (secondary N) is 1. The fraction of sp³-hybridized carbons (Fsp3) is 0.458. The van der Waals surface area contributed by atoms with Crippen molar-refractivity contribution in [1.82, 2.24) is 24.6 Å². The molecular formula is C24H27N5O2. The minimum Gasteiger partial charge on any atom is -0.389 e. The van der Waals surface area contributed by atoms with Gasteiger partial charge >= 0.3 is 0 Å². The van der Waals surface area contributed by atoms with E-state index in [4.69, 9.17) is 0 Å². The van der Waals surface area contributed by atoms with Crippen molar-refractivity contribution in [3.8, 4) is 0 Å². The Morgan fingerprint density at radius 2 is 2.06 bits per heavy atom. The number of fused-ring (bicyclic) bond motifs is 2. The molecule has 1 spiro atoms. The molecule has 160 valence electrons. The van der Waals surface area contributed by atoms with E-state index in [1.165, 1.54) is 23.1 Å². The van der Waals surface area contributed by atoms with Crippen molar-refractivity contribution in [2.45, 2.75) is 50.3 Å². The van der Waals surface area contributed by atoms with Crippen LogP contribution in [0.4, 0.5) is 0 Å². The zero-order chi connectivity index (χ0) is 21.2. The Kier molecular flexibility index (Phi) is 4.20. The van der Waals surface area contributed by atoms with Crippen LogP contribution >= 0.6 is 0 Å². The molecule has 0 radical (unpaired) electrons. The lowest BCUT2D eigenvalue weighted by Crippen LogP contribution is -2.65. The molecule has 1 saturated carbocycles. The highest BCUT2D eigenvalue weighted by Gasteiger charge is 2.45. The molecule has 3 aliphatic rings. The number of β-amino-alcohol motifs (C(OH)–C–C–N with tert-alkyl or cyclic N) is 1. The van der Waals surface area contributed by atoms with Crippen LogP contribution in [0.2, 0.25) is 0 Å². The fourth-order valence-electron chi connectivity index (χ4n) is 5.29. The SMILES string of the molecule is CC1CC1c1cnc2nc(C(=O)N3CC[C@]4(Cc5ccccc5CN4)[C@H](O)C3)cn2c1. The predicted octanol–water partition coefficient (Wildman–Crippen LogP) is 2.14. The van der Waals surface area contributed by atoms with E-state index in [9.17, 15) is 9.90 Å². The van der Waals surface area contributed by atoms with Gasteiger partial charge in [-0.3, -0.25) is 9.20 Å². The number of imidazole rings is 1. The summed E-state index contributed by atoms with van der Waals surface area (Å²) in [6.45, 7) is 3.89. The Morgan fingerprint density at radius 3 is 2.84 bits per heavy atom. The molecule has 31 heavy (non-hydrogen) atoms. The van der Waals surface area contributed by atoms with Gasteiger partial charge in [0, 0.05) is 38.2 Å². The van der Waals surface area contributed by atoms with Gasteiger partial charge in [-0.25, -0.2) is 9.97 Å². The zero-order valence-corrected chi connectivity index (χ0v) is 17.7. The summed E-state index contributed by atoms with van der Waals surface area (Å²) in [5.74, 6) is 1.67. The lowest BCUT2D eigenvalue weighted by atomic mass is 9.76. The summed E-state index contributed by atoms with van der Waals surface area (Å²) in [4.78, 5) is 23.8. The largest absolute Gasteiger partial charge is 0.389 e. The Labute approximate surface area is 181 Å². The van der Waals surface area contributed by atoms with E-state index in [-0.39, 0.29) is 11.4 Å².